The summed E-state index contributed by atoms with van der Waals surface area (Å²) in [4.78, 5) is 23.7. The van der Waals surface area contributed by atoms with Crippen LogP contribution in [0.4, 0.5) is 14.5 Å². The lowest BCUT2D eigenvalue weighted by Gasteiger charge is -2.08. The van der Waals surface area contributed by atoms with Gasteiger partial charge in [0.25, 0.3) is 5.91 Å². The Morgan fingerprint density at radius 1 is 1.08 bits per heavy atom. The number of rotatable bonds is 6. The highest BCUT2D eigenvalue weighted by Gasteiger charge is 2.15. The molecule has 1 amide bonds. The number of hydrogen-bond acceptors (Lipinski definition) is 3. The van der Waals surface area contributed by atoms with Crippen LogP contribution in [0.2, 0.25) is 0 Å². The number of amides is 1. The van der Waals surface area contributed by atoms with Crippen molar-refractivity contribution in [3.8, 4) is 0 Å². The largest absolute Gasteiger partial charge is 0.462 e. The second-order valence-electron chi connectivity index (χ2n) is 5.12. The molecule has 2 aromatic rings. The molecule has 0 aliphatic carbocycles. The number of anilines is 1. The lowest BCUT2D eigenvalue weighted by Crippen LogP contribution is -2.14. The maximum Gasteiger partial charge on any atom is 0.338 e. The van der Waals surface area contributed by atoms with Gasteiger partial charge >= 0.3 is 5.97 Å². The summed E-state index contributed by atoms with van der Waals surface area (Å²) >= 11 is 0. The molecule has 0 aromatic heterocycles. The number of unbranched alkanes of at least 4 members (excludes halogenated alkanes) is 1. The van der Waals surface area contributed by atoms with Crippen molar-refractivity contribution in [2.75, 3.05) is 11.9 Å². The zero-order valence-electron chi connectivity index (χ0n) is 13.1. The molecule has 126 valence electrons. The fraction of sp³-hybridized carbons (Fsp3) is 0.222. The van der Waals surface area contributed by atoms with Gasteiger partial charge in [-0.3, -0.25) is 4.79 Å². The smallest absolute Gasteiger partial charge is 0.338 e. The number of ether oxygens (including phenoxy) is 1. The molecule has 0 aliphatic rings. The predicted molar refractivity (Wildman–Crippen MR) is 85.9 cm³/mol. The molecule has 0 unspecified atom stereocenters. The molecule has 0 atom stereocenters. The Bertz CT molecular complexity index is 730. The Morgan fingerprint density at radius 2 is 1.79 bits per heavy atom. The van der Waals surface area contributed by atoms with Crippen LogP contribution in [0.15, 0.2) is 42.5 Å². The molecular weight excluding hydrogens is 316 g/mol. The molecular formula is C18H17F2NO3. The van der Waals surface area contributed by atoms with Crippen LogP contribution in [0, 0.1) is 11.6 Å². The van der Waals surface area contributed by atoms with E-state index in [9.17, 15) is 18.4 Å². The third kappa shape index (κ3) is 4.38. The van der Waals surface area contributed by atoms with Gasteiger partial charge in [-0.15, -0.1) is 0 Å². The van der Waals surface area contributed by atoms with Crippen molar-refractivity contribution in [1.82, 2.24) is 0 Å². The standard InChI is InChI=1S/C18H17F2NO3/c1-2-3-11-24-18(23)12-7-9-13(10-8-12)21-17(22)14-5-4-6-15(19)16(14)20/h4-10H,2-3,11H2,1H3,(H,21,22). The minimum absolute atomic E-state index is 0.348. The highest BCUT2D eigenvalue weighted by atomic mass is 19.2. The van der Waals surface area contributed by atoms with Crippen LogP contribution >= 0.6 is 0 Å². The molecule has 0 saturated heterocycles. The number of esters is 1. The van der Waals surface area contributed by atoms with E-state index in [-0.39, 0.29) is 0 Å². The van der Waals surface area contributed by atoms with E-state index in [1.807, 2.05) is 6.92 Å². The summed E-state index contributed by atoms with van der Waals surface area (Å²) in [5.41, 5.74) is 0.313. The molecule has 2 rings (SSSR count). The summed E-state index contributed by atoms with van der Waals surface area (Å²) < 4.78 is 31.8. The number of halogens is 2. The average Bonchev–Trinajstić information content (AvgIpc) is 2.58. The van der Waals surface area contributed by atoms with Gasteiger partial charge in [0.1, 0.15) is 0 Å². The van der Waals surface area contributed by atoms with Crippen molar-refractivity contribution >= 4 is 17.6 Å². The summed E-state index contributed by atoms with van der Waals surface area (Å²) in [5, 5.41) is 2.45. The first-order valence-corrected chi connectivity index (χ1v) is 7.55. The molecule has 2 aromatic carbocycles. The van der Waals surface area contributed by atoms with E-state index in [2.05, 4.69) is 5.32 Å². The van der Waals surface area contributed by atoms with Crippen molar-refractivity contribution in [2.24, 2.45) is 0 Å². The Hall–Kier alpha value is -2.76. The summed E-state index contributed by atoms with van der Waals surface area (Å²) in [7, 11) is 0. The van der Waals surface area contributed by atoms with Crippen molar-refractivity contribution in [2.45, 2.75) is 19.8 Å². The Kier molecular flexibility index (Phi) is 6.01. The second kappa shape index (κ2) is 8.19. The van der Waals surface area contributed by atoms with E-state index in [4.69, 9.17) is 4.74 Å². The maximum absolute atomic E-state index is 13.6. The van der Waals surface area contributed by atoms with Gasteiger partial charge in [-0.25, -0.2) is 13.6 Å². The summed E-state index contributed by atoms with van der Waals surface area (Å²) in [6.45, 7) is 2.35. The molecule has 0 spiro atoms. The number of nitrogens with one attached hydrogen (secondary N) is 1. The van der Waals surface area contributed by atoms with Gasteiger partial charge in [0.15, 0.2) is 11.6 Å². The molecule has 0 fully saturated rings. The predicted octanol–water partition coefficient (Wildman–Crippen LogP) is 4.17. The summed E-state index contributed by atoms with van der Waals surface area (Å²) in [5.74, 6) is -3.51. The van der Waals surface area contributed by atoms with E-state index < -0.39 is 29.1 Å². The third-order valence-corrected chi connectivity index (χ3v) is 3.31. The van der Waals surface area contributed by atoms with E-state index >= 15 is 0 Å². The van der Waals surface area contributed by atoms with Crippen LogP contribution in [0.1, 0.15) is 40.5 Å². The van der Waals surface area contributed by atoms with Gasteiger partial charge < -0.3 is 10.1 Å². The lowest BCUT2D eigenvalue weighted by atomic mass is 10.1. The van der Waals surface area contributed by atoms with Crippen LogP contribution in [-0.2, 0) is 4.74 Å². The molecule has 6 heteroatoms. The van der Waals surface area contributed by atoms with E-state index in [0.29, 0.717) is 17.9 Å². The lowest BCUT2D eigenvalue weighted by molar-refractivity contribution is 0.0499. The van der Waals surface area contributed by atoms with Gasteiger partial charge in [0.2, 0.25) is 0 Å². The zero-order chi connectivity index (χ0) is 17.5. The van der Waals surface area contributed by atoms with Crippen LogP contribution < -0.4 is 5.32 Å². The van der Waals surface area contributed by atoms with Crippen molar-refractivity contribution in [3.63, 3.8) is 0 Å². The van der Waals surface area contributed by atoms with Crippen LogP contribution in [0.25, 0.3) is 0 Å². The number of hydrogen-bond donors (Lipinski definition) is 1. The summed E-state index contributed by atoms with van der Waals surface area (Å²) in [6.07, 6.45) is 1.72. The SMILES string of the molecule is CCCCOC(=O)c1ccc(NC(=O)c2cccc(F)c2F)cc1. The van der Waals surface area contributed by atoms with Crippen LogP contribution in [0.5, 0.6) is 0 Å². The molecule has 1 N–H and O–H groups in total. The normalized spacial score (nSPS) is 10.3. The number of benzene rings is 2. The van der Waals surface area contributed by atoms with Gasteiger partial charge in [-0.05, 0) is 42.8 Å². The second-order valence-corrected chi connectivity index (χ2v) is 5.12. The molecule has 0 aliphatic heterocycles. The molecule has 0 radical (unpaired) electrons. The van der Waals surface area contributed by atoms with Crippen LogP contribution in [-0.4, -0.2) is 18.5 Å². The Morgan fingerprint density at radius 3 is 2.46 bits per heavy atom. The first kappa shape index (κ1) is 17.6. The number of carbonyl (C=O) groups excluding carboxylic acids is 2. The quantitative estimate of drug-likeness (QED) is 0.637. The fourth-order valence-electron chi connectivity index (χ4n) is 1.96. The van der Waals surface area contributed by atoms with Crippen molar-refractivity contribution in [1.29, 1.82) is 0 Å². The van der Waals surface area contributed by atoms with E-state index in [1.165, 1.54) is 36.4 Å². The molecule has 4 nitrogen and oxygen atoms in total. The molecule has 24 heavy (non-hydrogen) atoms. The molecule has 0 bridgehead atoms. The highest BCUT2D eigenvalue weighted by molar-refractivity contribution is 6.04. The van der Waals surface area contributed by atoms with Crippen molar-refractivity contribution in [3.05, 3.63) is 65.2 Å². The van der Waals surface area contributed by atoms with E-state index in [0.717, 1.165) is 18.9 Å². The zero-order valence-corrected chi connectivity index (χ0v) is 13.1. The average molecular weight is 333 g/mol. The van der Waals surface area contributed by atoms with Crippen molar-refractivity contribution < 1.29 is 23.1 Å². The Labute approximate surface area is 138 Å². The minimum atomic E-state index is -1.20. The first-order chi connectivity index (χ1) is 11.5. The van der Waals surface area contributed by atoms with Gasteiger partial charge in [-0.1, -0.05) is 19.4 Å². The third-order valence-electron chi connectivity index (χ3n) is 3.31. The topological polar surface area (TPSA) is 55.4 Å². The monoisotopic (exact) mass is 333 g/mol. The van der Waals surface area contributed by atoms with E-state index in [1.54, 1.807) is 0 Å². The number of carbonyl (C=O) groups is 2. The Balaban J connectivity index is 2.02. The molecule has 0 heterocycles. The maximum atomic E-state index is 13.6. The summed E-state index contributed by atoms with van der Waals surface area (Å²) in [6, 6.07) is 9.34. The fourth-order valence-corrected chi connectivity index (χ4v) is 1.96. The minimum Gasteiger partial charge on any atom is -0.462 e. The first-order valence-electron chi connectivity index (χ1n) is 7.55. The van der Waals surface area contributed by atoms with Gasteiger partial charge in [0.05, 0.1) is 17.7 Å². The van der Waals surface area contributed by atoms with Gasteiger partial charge in [-0.2, -0.15) is 0 Å². The van der Waals surface area contributed by atoms with Gasteiger partial charge in [0, 0.05) is 5.69 Å². The highest BCUT2D eigenvalue weighted by Crippen LogP contribution is 2.15. The van der Waals surface area contributed by atoms with Crippen LogP contribution in [0.3, 0.4) is 0 Å². The molecule has 0 saturated carbocycles.